The second kappa shape index (κ2) is 16.7. The molecule has 0 amide bonds. The van der Waals surface area contributed by atoms with Crippen molar-refractivity contribution in [2.45, 2.75) is 5.41 Å². The lowest BCUT2D eigenvalue weighted by atomic mass is 9.67. The van der Waals surface area contributed by atoms with Crippen molar-refractivity contribution in [1.29, 1.82) is 0 Å². The van der Waals surface area contributed by atoms with Gasteiger partial charge in [-0.2, -0.15) is 0 Å². The van der Waals surface area contributed by atoms with Crippen LogP contribution in [0.3, 0.4) is 0 Å². The van der Waals surface area contributed by atoms with Crippen LogP contribution in [0.5, 0.6) is 0 Å². The zero-order valence-electron chi connectivity index (χ0n) is 40.4. The van der Waals surface area contributed by atoms with Crippen molar-refractivity contribution in [2.75, 3.05) is 4.90 Å². The molecule has 0 aliphatic heterocycles. The minimum atomic E-state index is -0.474. The number of rotatable bonds is 8. The van der Waals surface area contributed by atoms with Crippen molar-refractivity contribution in [3.8, 4) is 39.1 Å². The number of anilines is 3. The van der Waals surface area contributed by atoms with Crippen molar-refractivity contribution >= 4 is 71.6 Å². The molecule has 0 N–H and O–H groups in total. The molecule has 0 radical (unpaired) electrons. The molecule has 2 heterocycles. The lowest BCUT2D eigenvalue weighted by molar-refractivity contribution is 0.674. The minimum absolute atomic E-state index is 0.474. The van der Waals surface area contributed by atoms with Crippen LogP contribution in [0.1, 0.15) is 22.3 Å². The van der Waals surface area contributed by atoms with E-state index in [1.165, 1.54) is 66.2 Å². The van der Waals surface area contributed by atoms with Crippen LogP contribution in [-0.4, -0.2) is 4.57 Å². The molecule has 0 fully saturated rings. The molecule has 0 saturated carbocycles. The van der Waals surface area contributed by atoms with Gasteiger partial charge in [0.15, 0.2) is 0 Å². The van der Waals surface area contributed by atoms with Gasteiger partial charge in [0.1, 0.15) is 11.2 Å². The van der Waals surface area contributed by atoms with Gasteiger partial charge < -0.3 is 13.9 Å². The molecule has 3 nitrogen and oxygen atoms in total. The van der Waals surface area contributed by atoms with Crippen molar-refractivity contribution in [3.05, 3.63) is 301 Å². The summed E-state index contributed by atoms with van der Waals surface area (Å²) >= 11 is 0. The Morgan fingerprint density at radius 3 is 1.58 bits per heavy atom. The topological polar surface area (TPSA) is 21.3 Å². The van der Waals surface area contributed by atoms with Crippen molar-refractivity contribution in [3.63, 3.8) is 0 Å². The first-order valence-electron chi connectivity index (χ1n) is 25.5. The average Bonchev–Trinajstić information content (AvgIpc) is 4.13. The van der Waals surface area contributed by atoms with Gasteiger partial charge in [-0.05, 0) is 116 Å². The highest BCUT2D eigenvalue weighted by Crippen LogP contribution is 2.58. The number of hydrogen-bond donors (Lipinski definition) is 0. The third kappa shape index (κ3) is 6.27. The van der Waals surface area contributed by atoms with Crippen LogP contribution in [0.15, 0.2) is 283 Å². The number of para-hydroxylation sites is 3. The number of fused-ring (bicyclic) bond motifs is 11. The molecule has 2 aromatic heterocycles. The minimum Gasteiger partial charge on any atom is -0.455 e. The summed E-state index contributed by atoms with van der Waals surface area (Å²) in [6.45, 7) is 0. The second-order valence-corrected chi connectivity index (χ2v) is 19.5. The zero-order valence-corrected chi connectivity index (χ0v) is 40.4. The van der Waals surface area contributed by atoms with E-state index in [2.05, 4.69) is 289 Å². The molecule has 0 unspecified atom stereocenters. The number of aromatic nitrogens is 1. The summed E-state index contributed by atoms with van der Waals surface area (Å²) in [5.74, 6) is 0. The van der Waals surface area contributed by atoms with Crippen molar-refractivity contribution < 1.29 is 4.42 Å². The predicted molar refractivity (Wildman–Crippen MR) is 308 cm³/mol. The van der Waals surface area contributed by atoms with Gasteiger partial charge in [-0.15, -0.1) is 0 Å². The fourth-order valence-electron chi connectivity index (χ4n) is 12.5. The maximum atomic E-state index is 6.82. The lowest BCUT2D eigenvalue weighted by Gasteiger charge is -2.34. The third-order valence-corrected chi connectivity index (χ3v) is 15.7. The molecule has 15 rings (SSSR count). The normalized spacial score (nSPS) is 12.7. The van der Waals surface area contributed by atoms with E-state index < -0.39 is 5.41 Å². The van der Waals surface area contributed by atoms with Gasteiger partial charge in [-0.1, -0.05) is 218 Å². The molecule has 0 spiro atoms. The Morgan fingerprint density at radius 2 is 0.838 bits per heavy atom. The molecule has 12 aromatic carbocycles. The smallest absolute Gasteiger partial charge is 0.143 e. The summed E-state index contributed by atoms with van der Waals surface area (Å²) in [5.41, 5.74) is 20.2. The van der Waals surface area contributed by atoms with Gasteiger partial charge in [0, 0.05) is 55.2 Å². The first kappa shape index (κ1) is 42.0. The zero-order chi connectivity index (χ0) is 48.7. The van der Waals surface area contributed by atoms with E-state index in [0.717, 1.165) is 66.7 Å². The van der Waals surface area contributed by atoms with E-state index in [9.17, 15) is 0 Å². The Bertz CT molecular complexity index is 4420. The summed E-state index contributed by atoms with van der Waals surface area (Å²) in [7, 11) is 0. The molecule has 0 saturated heterocycles. The second-order valence-electron chi connectivity index (χ2n) is 19.5. The van der Waals surface area contributed by atoms with Crippen LogP contribution in [0, 0.1) is 0 Å². The summed E-state index contributed by atoms with van der Waals surface area (Å²) < 4.78 is 9.22. The van der Waals surface area contributed by atoms with E-state index >= 15 is 0 Å². The summed E-state index contributed by atoms with van der Waals surface area (Å²) in [6.07, 6.45) is 0. The van der Waals surface area contributed by atoms with Crippen LogP contribution < -0.4 is 4.90 Å². The number of nitrogens with zero attached hydrogens (tertiary/aromatic N) is 2. The van der Waals surface area contributed by atoms with Gasteiger partial charge >= 0.3 is 0 Å². The van der Waals surface area contributed by atoms with Crippen LogP contribution in [0.4, 0.5) is 17.1 Å². The van der Waals surface area contributed by atoms with E-state index in [0.29, 0.717) is 0 Å². The van der Waals surface area contributed by atoms with E-state index in [1.807, 2.05) is 0 Å². The van der Waals surface area contributed by atoms with Crippen molar-refractivity contribution in [1.82, 2.24) is 4.57 Å². The van der Waals surface area contributed by atoms with Crippen LogP contribution in [-0.2, 0) is 5.41 Å². The van der Waals surface area contributed by atoms with Gasteiger partial charge in [-0.25, -0.2) is 0 Å². The van der Waals surface area contributed by atoms with Crippen LogP contribution >= 0.6 is 0 Å². The Labute approximate surface area is 429 Å². The Morgan fingerprint density at radius 1 is 0.324 bits per heavy atom. The summed E-state index contributed by atoms with van der Waals surface area (Å²) in [4.78, 5) is 2.40. The molecule has 14 aromatic rings. The van der Waals surface area contributed by atoms with Gasteiger partial charge in [0.05, 0.1) is 16.4 Å². The molecular formula is C71H46N2O. The molecule has 0 bridgehead atoms. The maximum Gasteiger partial charge on any atom is 0.143 e. The van der Waals surface area contributed by atoms with E-state index in [-0.39, 0.29) is 0 Å². The number of hydrogen-bond acceptors (Lipinski definition) is 2. The summed E-state index contributed by atoms with van der Waals surface area (Å²) in [6, 6.07) is 102. The molecule has 1 aliphatic carbocycles. The fourth-order valence-corrected chi connectivity index (χ4v) is 12.5. The first-order chi connectivity index (χ1) is 36.7. The molecule has 0 atom stereocenters. The quantitative estimate of drug-likeness (QED) is 0.151. The maximum absolute atomic E-state index is 6.82. The van der Waals surface area contributed by atoms with Crippen LogP contribution in [0.2, 0.25) is 0 Å². The SMILES string of the molecule is c1ccc(-n2c3ccccc3c3ccc(N(c4ccc(-c5cccc6c5-c5ccccc5C6(c5ccccc5)c5ccccc5)cc4)c4ccc(-c5cccc6c5oc5c7ccccc7ccc65)cc4)cc32)cc1. The Hall–Kier alpha value is -9.70. The molecule has 74 heavy (non-hydrogen) atoms. The fraction of sp³-hybridized carbons (Fsp3) is 0.0141. The predicted octanol–water partition coefficient (Wildman–Crippen LogP) is 19.0. The highest BCUT2D eigenvalue weighted by molar-refractivity contribution is 6.17. The number of benzene rings is 12. The monoisotopic (exact) mass is 942 g/mol. The lowest BCUT2D eigenvalue weighted by Crippen LogP contribution is -2.28. The highest BCUT2D eigenvalue weighted by Gasteiger charge is 2.46. The van der Waals surface area contributed by atoms with Crippen molar-refractivity contribution in [2.24, 2.45) is 0 Å². The molecule has 346 valence electrons. The van der Waals surface area contributed by atoms with Gasteiger partial charge in [0.25, 0.3) is 0 Å². The van der Waals surface area contributed by atoms with Gasteiger partial charge in [-0.3, -0.25) is 0 Å². The first-order valence-corrected chi connectivity index (χ1v) is 25.5. The Kier molecular flexibility index (Phi) is 9.48. The average molecular weight is 943 g/mol. The molecule has 3 heteroatoms. The highest BCUT2D eigenvalue weighted by atomic mass is 16.3. The third-order valence-electron chi connectivity index (χ3n) is 15.7. The van der Waals surface area contributed by atoms with Crippen LogP contribution in [0.25, 0.3) is 93.6 Å². The molecular weight excluding hydrogens is 897 g/mol. The van der Waals surface area contributed by atoms with E-state index in [1.54, 1.807) is 0 Å². The Balaban J connectivity index is 0.893. The largest absolute Gasteiger partial charge is 0.455 e. The van der Waals surface area contributed by atoms with E-state index in [4.69, 9.17) is 4.42 Å². The summed E-state index contributed by atoms with van der Waals surface area (Å²) in [5, 5.41) is 6.99. The number of furan rings is 1. The molecule has 1 aliphatic rings. The standard InChI is InChI=1S/C71H46N2O/c1-4-19-50(20-5-1)71(51-21-6-2-7-22-51)64-31-14-12-27-63(64)68-56(28-17-32-65(68)71)48-34-39-53(40-35-48)72(55-43-45-60-59-26-13-15-33-66(59)73(67(60)46-55)52-23-8-3-9-24-52)54-41-36-49(37-42-54)58-29-16-30-61-62-44-38-47-18-10-11-25-57(47)70(62)74-69(58)61/h1-46H. The van der Waals surface area contributed by atoms with Gasteiger partial charge in [0.2, 0.25) is 0 Å².